The van der Waals surface area contributed by atoms with Crippen molar-refractivity contribution in [1.82, 2.24) is 19.6 Å². The Morgan fingerprint density at radius 2 is 1.96 bits per heavy atom. The normalized spacial score (nSPS) is 19.3. The maximum absolute atomic E-state index is 13.2. The molecule has 0 bridgehead atoms. The Kier molecular flexibility index (Phi) is 6.66. The van der Waals surface area contributed by atoms with Crippen LogP contribution in [0.5, 0.6) is 0 Å². The third kappa shape index (κ3) is 4.70. The lowest BCUT2D eigenvalue weighted by molar-refractivity contribution is -0.00371. The first-order valence-corrected chi connectivity index (χ1v) is 9.14. The Balaban J connectivity index is 1.75. The van der Waals surface area contributed by atoms with Crippen LogP contribution in [0.4, 0.5) is 0 Å². The van der Waals surface area contributed by atoms with Crippen LogP contribution in [0.2, 0.25) is 0 Å². The van der Waals surface area contributed by atoms with Crippen LogP contribution in [0.15, 0.2) is 31.1 Å². The zero-order valence-electron chi connectivity index (χ0n) is 15.7. The molecule has 2 N–H and O–H groups in total. The van der Waals surface area contributed by atoms with Gasteiger partial charge in [0.2, 0.25) is 0 Å². The zero-order valence-corrected chi connectivity index (χ0v) is 15.7. The number of carbonyl (C=O) groups excluding carboxylic acids is 2. The Hall–Kier alpha value is -2.85. The third-order valence-electron chi connectivity index (χ3n) is 4.72. The van der Waals surface area contributed by atoms with E-state index in [2.05, 4.69) is 15.0 Å². The number of hydrogen-bond acceptors (Lipinski definition) is 7. The van der Waals surface area contributed by atoms with Crippen LogP contribution < -0.4 is 10.7 Å². The summed E-state index contributed by atoms with van der Waals surface area (Å²) in [7, 11) is 1.64. The van der Waals surface area contributed by atoms with E-state index in [1.165, 1.54) is 12.4 Å². The number of rotatable bonds is 8. The van der Waals surface area contributed by atoms with Crippen molar-refractivity contribution in [3.05, 3.63) is 42.5 Å². The summed E-state index contributed by atoms with van der Waals surface area (Å²) >= 11 is 0. The molecule has 10 nitrogen and oxygen atoms in total. The van der Waals surface area contributed by atoms with Crippen LogP contribution in [0.25, 0.3) is 0 Å². The highest BCUT2D eigenvalue weighted by Gasteiger charge is 2.32. The summed E-state index contributed by atoms with van der Waals surface area (Å²) in [6.07, 6.45) is 9.42. The fourth-order valence-electron chi connectivity index (χ4n) is 3.32. The number of nitrogens with two attached hydrogens (primary N) is 1. The van der Waals surface area contributed by atoms with E-state index < -0.39 is 5.91 Å². The third-order valence-corrected chi connectivity index (χ3v) is 4.72. The summed E-state index contributed by atoms with van der Waals surface area (Å²) in [5.74, 6) is -1.05. The van der Waals surface area contributed by atoms with Crippen molar-refractivity contribution in [2.24, 2.45) is 5.73 Å². The van der Waals surface area contributed by atoms with Gasteiger partial charge >= 0.3 is 0 Å². The van der Waals surface area contributed by atoms with E-state index in [4.69, 9.17) is 15.2 Å². The first-order chi connectivity index (χ1) is 13.6. The molecule has 1 aliphatic carbocycles. The van der Waals surface area contributed by atoms with E-state index in [9.17, 15) is 9.59 Å². The number of ether oxygens (including phenoxy) is 2. The molecule has 2 aromatic heterocycles. The van der Waals surface area contributed by atoms with Crippen molar-refractivity contribution in [1.29, 1.82) is 0 Å². The average Bonchev–Trinajstić information content (AvgIpc) is 3.24. The van der Waals surface area contributed by atoms with Gasteiger partial charge in [-0.2, -0.15) is 0 Å². The number of amides is 2. The molecule has 3 rings (SSSR count). The molecule has 2 amide bonds. The van der Waals surface area contributed by atoms with Gasteiger partial charge in [-0.3, -0.25) is 9.59 Å². The first-order valence-electron chi connectivity index (χ1n) is 9.14. The average molecular weight is 388 g/mol. The van der Waals surface area contributed by atoms with Gasteiger partial charge in [0.15, 0.2) is 0 Å². The van der Waals surface area contributed by atoms with Gasteiger partial charge in [-0.1, -0.05) is 0 Å². The Morgan fingerprint density at radius 3 is 2.61 bits per heavy atom. The van der Waals surface area contributed by atoms with E-state index in [1.807, 2.05) is 0 Å². The highest BCUT2D eigenvalue weighted by atomic mass is 16.5. The second kappa shape index (κ2) is 9.38. The van der Waals surface area contributed by atoms with Gasteiger partial charge in [0.1, 0.15) is 24.0 Å². The molecule has 0 aliphatic heterocycles. The Bertz CT molecular complexity index is 789. The molecule has 0 spiro atoms. The smallest absolute Gasteiger partial charge is 0.291 e. The van der Waals surface area contributed by atoms with Crippen molar-refractivity contribution < 1.29 is 19.1 Å². The molecule has 10 heteroatoms. The number of aromatic nitrogens is 4. The summed E-state index contributed by atoms with van der Waals surface area (Å²) in [4.78, 5) is 36.5. The fraction of sp³-hybridized carbons (Fsp3) is 0.500. The Morgan fingerprint density at radius 1 is 1.21 bits per heavy atom. The van der Waals surface area contributed by atoms with Gasteiger partial charge in [-0.05, 0) is 25.7 Å². The molecular weight excluding hydrogens is 364 g/mol. The number of hydrogen-bond donors (Lipinski definition) is 1. The van der Waals surface area contributed by atoms with Crippen molar-refractivity contribution in [2.75, 3.05) is 25.3 Å². The Labute approximate surface area is 162 Å². The predicted octanol–water partition coefficient (Wildman–Crippen LogP) is 0.525. The van der Waals surface area contributed by atoms with Crippen molar-refractivity contribution in [3.63, 3.8) is 0 Å². The van der Waals surface area contributed by atoms with Crippen LogP contribution in [-0.2, 0) is 9.47 Å². The summed E-state index contributed by atoms with van der Waals surface area (Å²) < 4.78 is 12.5. The standard InChI is InChI=1S/C18H24N6O4/c1-27-8-9-28-14-4-2-13(3-5-14)24(23-7-6-20-12-23)18(26)16-10-15(17(19)25)21-11-22-16/h6-7,10-14H,2-5,8-9H2,1H3,(H2,19,25). The topological polar surface area (TPSA) is 125 Å². The largest absolute Gasteiger partial charge is 0.382 e. The number of nitrogens with zero attached hydrogens (tertiary/aromatic N) is 5. The van der Waals surface area contributed by atoms with Gasteiger partial charge in [0.25, 0.3) is 11.8 Å². The fourth-order valence-corrected chi connectivity index (χ4v) is 3.32. The molecular formula is C18H24N6O4. The maximum atomic E-state index is 13.2. The molecule has 28 heavy (non-hydrogen) atoms. The van der Waals surface area contributed by atoms with Crippen LogP contribution in [0, 0.1) is 0 Å². The number of methoxy groups -OCH3 is 1. The highest BCUT2D eigenvalue weighted by Crippen LogP contribution is 2.25. The molecule has 0 aromatic carbocycles. The van der Waals surface area contributed by atoms with Crippen LogP contribution >= 0.6 is 0 Å². The van der Waals surface area contributed by atoms with Gasteiger partial charge in [-0.15, -0.1) is 0 Å². The summed E-state index contributed by atoms with van der Waals surface area (Å²) in [5, 5.41) is 1.62. The highest BCUT2D eigenvalue weighted by molar-refractivity contribution is 6.02. The molecule has 150 valence electrons. The minimum Gasteiger partial charge on any atom is -0.382 e. The monoisotopic (exact) mass is 388 g/mol. The molecule has 0 atom stereocenters. The van der Waals surface area contributed by atoms with Gasteiger partial charge in [-0.25, -0.2) is 24.6 Å². The van der Waals surface area contributed by atoms with Gasteiger partial charge in [0.05, 0.1) is 25.4 Å². The van der Waals surface area contributed by atoms with E-state index in [0.29, 0.717) is 13.2 Å². The van der Waals surface area contributed by atoms with Gasteiger partial charge < -0.3 is 15.2 Å². The van der Waals surface area contributed by atoms with E-state index in [0.717, 1.165) is 25.7 Å². The second-order valence-electron chi connectivity index (χ2n) is 6.54. The molecule has 2 aromatic rings. The predicted molar refractivity (Wildman–Crippen MR) is 99.2 cm³/mol. The lowest BCUT2D eigenvalue weighted by Gasteiger charge is -2.36. The van der Waals surface area contributed by atoms with E-state index in [-0.39, 0.29) is 29.4 Å². The number of primary amides is 1. The molecule has 0 unspecified atom stereocenters. The van der Waals surface area contributed by atoms with Crippen molar-refractivity contribution in [2.45, 2.75) is 37.8 Å². The molecule has 0 saturated heterocycles. The van der Waals surface area contributed by atoms with Crippen molar-refractivity contribution in [3.8, 4) is 0 Å². The second-order valence-corrected chi connectivity index (χ2v) is 6.54. The van der Waals surface area contributed by atoms with Crippen molar-refractivity contribution >= 4 is 11.8 Å². The lowest BCUT2D eigenvalue weighted by Crippen LogP contribution is -2.50. The van der Waals surface area contributed by atoms with Crippen LogP contribution in [-0.4, -0.2) is 63.9 Å². The first kappa shape index (κ1) is 19.9. The lowest BCUT2D eigenvalue weighted by atomic mass is 9.92. The molecule has 1 fully saturated rings. The number of carbonyl (C=O) groups is 2. The van der Waals surface area contributed by atoms with Gasteiger partial charge in [0, 0.05) is 25.6 Å². The summed E-state index contributed by atoms with van der Waals surface area (Å²) in [5.41, 5.74) is 5.38. The van der Waals surface area contributed by atoms with E-state index >= 15 is 0 Å². The minimum atomic E-state index is -0.709. The molecule has 1 aliphatic rings. The van der Waals surface area contributed by atoms with Crippen LogP contribution in [0.3, 0.4) is 0 Å². The maximum Gasteiger partial charge on any atom is 0.291 e. The zero-order chi connectivity index (χ0) is 19.9. The minimum absolute atomic E-state index is 0.000757. The summed E-state index contributed by atoms with van der Waals surface area (Å²) in [6, 6.07) is 1.27. The SMILES string of the molecule is COCCOC1CCC(N(C(=O)c2cc(C(N)=O)ncn2)n2ccnc2)CC1. The summed E-state index contributed by atoms with van der Waals surface area (Å²) in [6.45, 7) is 1.13. The number of imidazole rings is 1. The quantitative estimate of drug-likeness (QED) is 0.654. The molecule has 2 heterocycles. The molecule has 1 saturated carbocycles. The van der Waals surface area contributed by atoms with Crippen LogP contribution in [0.1, 0.15) is 46.7 Å². The van der Waals surface area contributed by atoms with E-state index in [1.54, 1.807) is 35.5 Å². The molecule has 0 radical (unpaired) electrons.